The molecular weight excluding hydrogens is 1430 g/mol. The van der Waals surface area contributed by atoms with Crippen LogP contribution in [0.15, 0.2) is 106 Å². The van der Waals surface area contributed by atoms with Crippen molar-refractivity contribution in [2.75, 3.05) is 39.4 Å². The number of hydrogen-bond acceptors (Lipinski definition) is 12. The second-order valence-corrected chi connectivity index (χ2v) is 36.7. The maximum absolute atomic E-state index is 15.6. The van der Waals surface area contributed by atoms with Crippen LogP contribution < -0.4 is 9.47 Å². The van der Waals surface area contributed by atoms with Crippen LogP contribution in [0.3, 0.4) is 0 Å². The lowest BCUT2D eigenvalue weighted by Gasteiger charge is -2.29. The van der Waals surface area contributed by atoms with Gasteiger partial charge in [0.05, 0.1) is 77.8 Å². The molecule has 10 heterocycles. The van der Waals surface area contributed by atoms with Gasteiger partial charge in [-0.15, -0.1) is 68.0 Å². The molecular formula is C90H116N4O6S6. The summed E-state index contributed by atoms with van der Waals surface area (Å²) < 4.78 is 17.0. The highest BCUT2D eigenvalue weighted by atomic mass is 32.1. The smallest absolute Gasteiger partial charge is 0.261 e. The molecule has 0 bridgehead atoms. The van der Waals surface area contributed by atoms with Crippen molar-refractivity contribution in [3.05, 3.63) is 125 Å². The van der Waals surface area contributed by atoms with E-state index in [0.717, 1.165) is 258 Å². The maximum atomic E-state index is 15.6. The molecule has 6 unspecified atom stereocenters. The van der Waals surface area contributed by atoms with Gasteiger partial charge in [-0.1, -0.05) is 211 Å². The summed E-state index contributed by atoms with van der Waals surface area (Å²) >= 11 is 10.2. The molecule has 0 fully saturated rings. The Labute approximate surface area is 657 Å². The van der Waals surface area contributed by atoms with Gasteiger partial charge in [0.15, 0.2) is 0 Å². The highest BCUT2D eigenvalue weighted by molar-refractivity contribution is 7.28. The summed E-state index contributed by atoms with van der Waals surface area (Å²) in [5, 5.41) is 8.45. The van der Waals surface area contributed by atoms with Crippen molar-refractivity contribution >= 4 is 145 Å². The van der Waals surface area contributed by atoms with Crippen molar-refractivity contribution in [3.63, 3.8) is 0 Å². The summed E-state index contributed by atoms with van der Waals surface area (Å²) in [4.78, 5) is 78.7. The number of unbranched alkanes of at least 4 members (excludes halogenated alkanes) is 6. The van der Waals surface area contributed by atoms with Crippen LogP contribution in [0.1, 0.15) is 257 Å². The Bertz CT molecular complexity index is 4210. The maximum Gasteiger partial charge on any atom is 0.261 e. The summed E-state index contributed by atoms with van der Waals surface area (Å²) in [7, 11) is 0. The van der Waals surface area contributed by atoms with E-state index in [1.165, 1.54) is 0 Å². The Morgan fingerprint density at radius 3 is 0.877 bits per heavy atom. The van der Waals surface area contributed by atoms with E-state index in [-0.39, 0.29) is 35.5 Å². The molecule has 4 aliphatic heterocycles. The average Bonchev–Trinajstić information content (AvgIpc) is 1.55. The number of nitrogens with zero attached hydrogens (tertiary/aromatic N) is 4. The predicted molar refractivity (Wildman–Crippen MR) is 455 cm³/mol. The van der Waals surface area contributed by atoms with Gasteiger partial charge >= 0.3 is 0 Å². The van der Waals surface area contributed by atoms with E-state index in [2.05, 4.69) is 155 Å². The van der Waals surface area contributed by atoms with Gasteiger partial charge < -0.3 is 29.1 Å². The number of fused-ring (bicyclic) bond motifs is 7. The molecule has 8 aromatic rings. The van der Waals surface area contributed by atoms with Crippen molar-refractivity contribution in [1.82, 2.24) is 19.6 Å². The van der Waals surface area contributed by atoms with Gasteiger partial charge in [-0.2, -0.15) is 0 Å². The first-order chi connectivity index (χ1) is 51.7. The van der Waals surface area contributed by atoms with E-state index in [1.807, 2.05) is 31.7 Å². The summed E-state index contributed by atoms with van der Waals surface area (Å²) in [5.41, 5.74) is 5.38. The molecule has 0 saturated heterocycles. The van der Waals surface area contributed by atoms with Crippen LogP contribution in [0.4, 0.5) is 0 Å². The number of thiophene rings is 6. The van der Waals surface area contributed by atoms with E-state index >= 15 is 19.2 Å². The van der Waals surface area contributed by atoms with E-state index in [1.54, 1.807) is 68.0 Å². The minimum atomic E-state index is -0.0510. The Kier molecular flexibility index (Phi) is 27.8. The van der Waals surface area contributed by atoms with Crippen LogP contribution in [0, 0.1) is 35.5 Å². The highest BCUT2D eigenvalue weighted by Crippen LogP contribution is 2.56. The van der Waals surface area contributed by atoms with Crippen molar-refractivity contribution < 1.29 is 28.7 Å². The minimum Gasteiger partial charge on any atom is -0.493 e. The number of rotatable bonds is 44. The van der Waals surface area contributed by atoms with Crippen LogP contribution >= 0.6 is 68.0 Å². The number of carbonyl (C=O) groups excluding carboxylic acids is 4. The first kappa shape index (κ1) is 79.4. The SMILES string of the molecule is CCCCC(CC)COc1cc2cc(-c3ccc(C4=C5C(=O)N(CC(CC)CCCC)C(c6cccs6)=C5C(=O)N4CC(CC)CCCC)s3)sc2c2c(OCC(CC)CCCC)cc3cc(-c4ccc(C5=C6C(=O)N(CC(CC)CCCC)C(c7cccs7)=C6C(=O)N5CC(CC)CCCC)s4)sc3c12. The fraction of sp³-hybridized carbons (Fsp3) is 0.533. The first-order valence-corrected chi connectivity index (χ1v) is 46.0. The number of carbonyl (C=O) groups is 4. The molecule has 12 rings (SSSR count). The molecule has 10 nitrogen and oxygen atoms in total. The predicted octanol–water partition coefficient (Wildman–Crippen LogP) is 26.5. The first-order valence-electron chi connectivity index (χ1n) is 41.0. The molecule has 0 radical (unpaired) electrons. The van der Waals surface area contributed by atoms with Gasteiger partial charge in [0, 0.05) is 65.9 Å². The Morgan fingerprint density at radius 2 is 0.604 bits per heavy atom. The summed E-state index contributed by atoms with van der Waals surface area (Å²) in [6.45, 7) is 30.5. The van der Waals surface area contributed by atoms with Gasteiger partial charge in [0.25, 0.3) is 23.6 Å². The molecule has 0 N–H and O–H groups in total. The van der Waals surface area contributed by atoms with Crippen LogP contribution in [0.5, 0.6) is 11.5 Å². The van der Waals surface area contributed by atoms with Crippen LogP contribution in [-0.2, 0) is 19.2 Å². The van der Waals surface area contributed by atoms with Crippen molar-refractivity contribution in [2.24, 2.45) is 35.5 Å². The Morgan fingerprint density at radius 1 is 0.321 bits per heavy atom. The number of ether oxygens (including phenoxy) is 2. The molecule has 2 aromatic carbocycles. The quantitative estimate of drug-likeness (QED) is 0.0377. The van der Waals surface area contributed by atoms with E-state index in [4.69, 9.17) is 9.47 Å². The van der Waals surface area contributed by atoms with Gasteiger partial charge in [-0.05, 0) is 156 Å². The minimum absolute atomic E-state index is 0.0510. The monoisotopic (exact) mass is 1540 g/mol. The molecule has 4 aliphatic rings. The molecule has 0 aliphatic carbocycles. The van der Waals surface area contributed by atoms with E-state index < -0.39 is 0 Å². The molecule has 6 aromatic heterocycles. The number of benzene rings is 2. The highest BCUT2D eigenvalue weighted by Gasteiger charge is 2.52. The van der Waals surface area contributed by atoms with Crippen molar-refractivity contribution in [3.8, 4) is 31.0 Å². The topological polar surface area (TPSA) is 99.7 Å². The van der Waals surface area contributed by atoms with Gasteiger partial charge in [-0.25, -0.2) is 0 Å². The standard InChI is InChI=1S/C90H116N4O6S6/c1-13-25-33-57(19-7)51-91-81(69-39-31-45-101-69)77-79(89(91)97)83(93(87(77)95)53-59(21-9)35-27-15-3)71-43-41-67(103-71)73-49-63-47-65(99-55-61(23-11)37-29-17-5)76-75(85(63)105-73)66(100-56-62(24-12)38-30-18-6)48-64-50-74(106-86(64)76)68-42-44-72(104-68)84-80-78(88(96)94(84)54-60(22-10)36-28-16-4)82(70-40-32-46-102-70)92(90(80)98)52-58(20-8)34-26-14-2/h31-32,39-50,57-62H,13-30,33-38,51-56H2,1-12H3. The van der Waals surface area contributed by atoms with Crippen LogP contribution in [0.25, 0.3) is 73.2 Å². The average molecular weight is 1540 g/mol. The van der Waals surface area contributed by atoms with Gasteiger partial charge in [0.1, 0.15) is 11.5 Å². The van der Waals surface area contributed by atoms with E-state index in [9.17, 15) is 0 Å². The summed E-state index contributed by atoms with van der Waals surface area (Å²) in [5.74, 6) is 3.51. The molecule has 106 heavy (non-hydrogen) atoms. The Balaban J connectivity index is 1.02. The lowest BCUT2D eigenvalue weighted by Crippen LogP contribution is -2.34. The zero-order chi connectivity index (χ0) is 74.7. The molecule has 568 valence electrons. The molecule has 0 spiro atoms. The third-order valence-electron chi connectivity index (χ3n) is 23.3. The zero-order valence-corrected chi connectivity index (χ0v) is 70.3. The van der Waals surface area contributed by atoms with Crippen LogP contribution in [0.2, 0.25) is 0 Å². The summed E-state index contributed by atoms with van der Waals surface area (Å²) in [6, 6.07) is 26.4. The lowest BCUT2D eigenvalue weighted by atomic mass is 9.98. The second kappa shape index (κ2) is 37.0. The van der Waals surface area contributed by atoms with Gasteiger partial charge in [-0.3, -0.25) is 19.2 Å². The molecule has 16 heteroatoms. The summed E-state index contributed by atoms with van der Waals surface area (Å²) in [6.07, 6.45) is 25.5. The lowest BCUT2D eigenvalue weighted by molar-refractivity contribution is -0.124. The number of amides is 4. The largest absolute Gasteiger partial charge is 0.493 e. The Hall–Kier alpha value is -6.14. The molecule has 4 amide bonds. The van der Waals surface area contributed by atoms with E-state index in [0.29, 0.717) is 85.4 Å². The normalized spacial score (nSPS) is 16.7. The number of hydrogen-bond donors (Lipinski definition) is 0. The molecule has 6 atom stereocenters. The fourth-order valence-corrected chi connectivity index (χ4v) is 22.7. The molecule has 0 saturated carbocycles. The third kappa shape index (κ3) is 16.5. The van der Waals surface area contributed by atoms with Crippen LogP contribution in [-0.4, -0.2) is 82.6 Å². The zero-order valence-electron chi connectivity index (χ0n) is 65.4. The second-order valence-electron chi connectivity index (χ2n) is 30.5. The van der Waals surface area contributed by atoms with Gasteiger partial charge in [0.2, 0.25) is 0 Å². The third-order valence-corrected chi connectivity index (χ3v) is 30.0. The van der Waals surface area contributed by atoms with Crippen molar-refractivity contribution in [2.45, 2.75) is 237 Å². The van der Waals surface area contributed by atoms with Crippen molar-refractivity contribution in [1.29, 1.82) is 0 Å². The fourth-order valence-electron chi connectivity index (χ4n) is 16.5.